The van der Waals surface area contributed by atoms with E-state index in [0.717, 1.165) is 18.4 Å². The van der Waals surface area contributed by atoms with Crippen LogP contribution in [0.1, 0.15) is 55.2 Å². The van der Waals surface area contributed by atoms with Gasteiger partial charge in [0.15, 0.2) is 0 Å². The lowest BCUT2D eigenvalue weighted by Gasteiger charge is -2.53. The minimum Gasteiger partial charge on any atom is -0.481 e. The molecule has 0 bridgehead atoms. The molecule has 2 aliphatic rings. The molecule has 0 amide bonds. The van der Waals surface area contributed by atoms with Gasteiger partial charge in [-0.2, -0.15) is 0 Å². The highest BCUT2D eigenvalue weighted by molar-refractivity contribution is 5.83. The van der Waals surface area contributed by atoms with E-state index in [1.165, 1.54) is 36.8 Å². The van der Waals surface area contributed by atoms with E-state index >= 15 is 0 Å². The third-order valence-corrected chi connectivity index (χ3v) is 5.20. The zero-order chi connectivity index (χ0) is 13.7. The van der Waals surface area contributed by atoms with Crippen LogP contribution in [0.3, 0.4) is 0 Å². The lowest BCUT2D eigenvalue weighted by molar-refractivity contribution is -0.154. The third-order valence-electron chi connectivity index (χ3n) is 5.20. The molecular weight excluding hydrogens is 236 g/mol. The van der Waals surface area contributed by atoms with Crippen molar-refractivity contribution in [3.63, 3.8) is 0 Å². The molecule has 102 valence electrons. The Hall–Kier alpha value is -1.31. The Labute approximate surface area is 114 Å². The summed E-state index contributed by atoms with van der Waals surface area (Å²) in [5, 5.41) is 9.76. The molecule has 0 atom stereocenters. The molecule has 0 radical (unpaired) electrons. The Morgan fingerprint density at radius 1 is 1.05 bits per heavy atom. The van der Waals surface area contributed by atoms with E-state index in [1.54, 1.807) is 0 Å². The van der Waals surface area contributed by atoms with E-state index in [9.17, 15) is 9.90 Å². The standard InChI is InChI=1S/C17H22O2/c1-12-7-13(2)9-14(8-12)17(15(18)19)10-16(11-17)5-3-4-6-16/h7-9H,3-6,10-11H2,1-2H3,(H,18,19). The largest absolute Gasteiger partial charge is 0.481 e. The SMILES string of the molecule is Cc1cc(C)cc(C2(C(=O)O)CC3(CCCC3)C2)c1. The maximum absolute atomic E-state index is 11.9. The number of aryl methyl sites for hydroxylation is 2. The highest BCUT2D eigenvalue weighted by atomic mass is 16.4. The molecule has 0 saturated heterocycles. The molecular formula is C17H22O2. The van der Waals surface area contributed by atoms with Gasteiger partial charge in [-0.15, -0.1) is 0 Å². The molecule has 1 spiro atoms. The van der Waals surface area contributed by atoms with Crippen molar-refractivity contribution in [2.24, 2.45) is 5.41 Å². The summed E-state index contributed by atoms with van der Waals surface area (Å²) < 4.78 is 0. The topological polar surface area (TPSA) is 37.3 Å². The normalized spacial score (nSPS) is 23.3. The molecule has 2 aliphatic carbocycles. The fraction of sp³-hybridized carbons (Fsp3) is 0.588. The Morgan fingerprint density at radius 3 is 2.05 bits per heavy atom. The molecule has 0 aliphatic heterocycles. The van der Waals surface area contributed by atoms with Crippen molar-refractivity contribution in [3.8, 4) is 0 Å². The number of carboxylic acids is 1. The van der Waals surface area contributed by atoms with Crippen molar-refractivity contribution in [3.05, 3.63) is 34.9 Å². The summed E-state index contributed by atoms with van der Waals surface area (Å²) in [5.41, 5.74) is 3.10. The molecule has 0 heterocycles. The monoisotopic (exact) mass is 258 g/mol. The van der Waals surface area contributed by atoms with E-state index in [-0.39, 0.29) is 0 Å². The number of benzene rings is 1. The van der Waals surface area contributed by atoms with Crippen LogP contribution in [0.5, 0.6) is 0 Å². The van der Waals surface area contributed by atoms with Crippen LogP contribution in [0.15, 0.2) is 18.2 Å². The first-order valence-corrected chi connectivity index (χ1v) is 7.28. The number of carbonyl (C=O) groups is 1. The average molecular weight is 258 g/mol. The van der Waals surface area contributed by atoms with Crippen LogP contribution in [0.4, 0.5) is 0 Å². The molecule has 2 fully saturated rings. The highest BCUT2D eigenvalue weighted by Gasteiger charge is 2.60. The van der Waals surface area contributed by atoms with Gasteiger partial charge in [0.1, 0.15) is 0 Å². The Morgan fingerprint density at radius 2 is 1.58 bits per heavy atom. The Bertz CT molecular complexity index is 496. The van der Waals surface area contributed by atoms with Crippen molar-refractivity contribution in [2.45, 2.75) is 57.8 Å². The van der Waals surface area contributed by atoms with Crippen molar-refractivity contribution in [1.82, 2.24) is 0 Å². The van der Waals surface area contributed by atoms with Gasteiger partial charge in [0.25, 0.3) is 0 Å². The van der Waals surface area contributed by atoms with Gasteiger partial charge in [-0.3, -0.25) is 4.79 Å². The summed E-state index contributed by atoms with van der Waals surface area (Å²) in [5.74, 6) is -0.630. The van der Waals surface area contributed by atoms with Crippen LogP contribution >= 0.6 is 0 Å². The van der Waals surface area contributed by atoms with Crippen LogP contribution in [-0.4, -0.2) is 11.1 Å². The first-order valence-electron chi connectivity index (χ1n) is 7.28. The van der Waals surface area contributed by atoms with Gasteiger partial charge in [-0.25, -0.2) is 0 Å². The van der Waals surface area contributed by atoms with Crippen LogP contribution in [-0.2, 0) is 10.2 Å². The summed E-state index contributed by atoms with van der Waals surface area (Å²) in [6, 6.07) is 6.26. The second-order valence-corrected chi connectivity index (χ2v) is 6.82. The van der Waals surface area contributed by atoms with Gasteiger partial charge < -0.3 is 5.11 Å². The van der Waals surface area contributed by atoms with Crippen LogP contribution in [0.2, 0.25) is 0 Å². The van der Waals surface area contributed by atoms with Gasteiger partial charge >= 0.3 is 5.97 Å². The summed E-state index contributed by atoms with van der Waals surface area (Å²) in [4.78, 5) is 11.9. The molecule has 0 aromatic heterocycles. The van der Waals surface area contributed by atoms with Crippen molar-refractivity contribution in [2.75, 3.05) is 0 Å². The number of rotatable bonds is 2. The van der Waals surface area contributed by atoms with E-state index in [1.807, 2.05) is 0 Å². The summed E-state index contributed by atoms with van der Waals surface area (Å²) in [6.45, 7) is 4.10. The molecule has 1 N–H and O–H groups in total. The molecule has 2 heteroatoms. The summed E-state index contributed by atoms with van der Waals surface area (Å²) >= 11 is 0. The van der Waals surface area contributed by atoms with Crippen LogP contribution in [0, 0.1) is 19.3 Å². The van der Waals surface area contributed by atoms with E-state index < -0.39 is 11.4 Å². The quantitative estimate of drug-likeness (QED) is 0.871. The number of hydrogen-bond donors (Lipinski definition) is 1. The Kier molecular flexibility index (Phi) is 2.74. The molecule has 1 aromatic rings. The molecule has 3 rings (SSSR count). The van der Waals surface area contributed by atoms with Gasteiger partial charge in [0, 0.05) is 0 Å². The third kappa shape index (κ3) is 1.89. The maximum atomic E-state index is 11.9. The van der Waals surface area contributed by atoms with E-state index in [2.05, 4.69) is 32.0 Å². The van der Waals surface area contributed by atoms with Crippen LogP contribution < -0.4 is 0 Å². The summed E-state index contributed by atoms with van der Waals surface area (Å²) in [6.07, 6.45) is 6.71. The molecule has 2 nitrogen and oxygen atoms in total. The second-order valence-electron chi connectivity index (χ2n) is 6.82. The van der Waals surface area contributed by atoms with Crippen molar-refractivity contribution < 1.29 is 9.90 Å². The van der Waals surface area contributed by atoms with Gasteiger partial charge in [-0.1, -0.05) is 42.2 Å². The lowest BCUT2D eigenvalue weighted by atomic mass is 9.49. The molecule has 1 aromatic carbocycles. The number of hydrogen-bond acceptors (Lipinski definition) is 1. The lowest BCUT2D eigenvalue weighted by Crippen LogP contribution is -2.53. The van der Waals surface area contributed by atoms with Gasteiger partial charge in [-0.05, 0) is 50.5 Å². The predicted octanol–water partition coefficient (Wildman–Crippen LogP) is 3.98. The zero-order valence-corrected chi connectivity index (χ0v) is 11.8. The first-order chi connectivity index (χ1) is 8.96. The predicted molar refractivity (Wildman–Crippen MR) is 75.4 cm³/mol. The molecule has 0 unspecified atom stereocenters. The first kappa shape index (κ1) is 12.7. The molecule has 2 saturated carbocycles. The fourth-order valence-electron chi connectivity index (χ4n) is 4.44. The van der Waals surface area contributed by atoms with Crippen molar-refractivity contribution in [1.29, 1.82) is 0 Å². The fourth-order valence-corrected chi connectivity index (χ4v) is 4.44. The van der Waals surface area contributed by atoms with E-state index in [4.69, 9.17) is 0 Å². The number of carboxylic acid groups (broad SMARTS) is 1. The second kappa shape index (κ2) is 4.09. The highest BCUT2D eigenvalue weighted by Crippen LogP contribution is 2.63. The van der Waals surface area contributed by atoms with Gasteiger partial charge in [0.05, 0.1) is 5.41 Å². The van der Waals surface area contributed by atoms with Crippen molar-refractivity contribution >= 4 is 5.97 Å². The minimum absolute atomic E-state index is 0.343. The average Bonchev–Trinajstić information content (AvgIpc) is 2.73. The van der Waals surface area contributed by atoms with E-state index in [0.29, 0.717) is 5.41 Å². The maximum Gasteiger partial charge on any atom is 0.314 e. The minimum atomic E-state index is -0.630. The van der Waals surface area contributed by atoms with Crippen LogP contribution in [0.25, 0.3) is 0 Å². The Balaban J connectivity index is 1.97. The number of aliphatic carboxylic acids is 1. The molecule has 19 heavy (non-hydrogen) atoms. The smallest absolute Gasteiger partial charge is 0.314 e. The van der Waals surface area contributed by atoms with Gasteiger partial charge in [0.2, 0.25) is 0 Å². The summed E-state index contributed by atoms with van der Waals surface area (Å²) in [7, 11) is 0. The zero-order valence-electron chi connectivity index (χ0n) is 11.8.